The van der Waals surface area contributed by atoms with E-state index >= 15 is 0 Å². The third-order valence-corrected chi connectivity index (χ3v) is 2.70. The summed E-state index contributed by atoms with van der Waals surface area (Å²) in [6.07, 6.45) is 2.12. The minimum absolute atomic E-state index is 0.0149. The molecule has 0 aliphatic rings. The summed E-state index contributed by atoms with van der Waals surface area (Å²) in [5.41, 5.74) is 0.575. The second-order valence-corrected chi connectivity index (χ2v) is 4.16. The number of hydrogen-bond donors (Lipinski definition) is 1. The van der Waals surface area contributed by atoms with Crippen molar-refractivity contribution >= 4 is 17.4 Å². The number of esters is 1. The molecular formula is C11H16N6O2. The van der Waals surface area contributed by atoms with Gasteiger partial charge in [-0.25, -0.2) is 0 Å². The van der Waals surface area contributed by atoms with E-state index in [2.05, 4.69) is 37.6 Å². The highest BCUT2D eigenvalue weighted by Gasteiger charge is 2.14. The lowest BCUT2D eigenvalue weighted by Gasteiger charge is -2.17. The average molecular weight is 264 g/mol. The Morgan fingerprint density at radius 2 is 2.37 bits per heavy atom. The molecule has 0 aromatic carbocycles. The molecule has 1 unspecified atom stereocenters. The number of ether oxygens (including phenoxy) is 1. The van der Waals surface area contributed by atoms with Crippen LogP contribution < -0.4 is 5.32 Å². The third kappa shape index (κ3) is 3.36. The van der Waals surface area contributed by atoms with Crippen molar-refractivity contribution in [3.63, 3.8) is 0 Å². The zero-order chi connectivity index (χ0) is 13.7. The minimum Gasteiger partial charge on any atom is -0.469 e. The van der Waals surface area contributed by atoms with Gasteiger partial charge in [-0.3, -0.25) is 4.79 Å². The molecule has 0 saturated heterocycles. The molecule has 0 bridgehead atoms. The minimum atomic E-state index is -0.241. The van der Waals surface area contributed by atoms with Crippen LogP contribution in [0.1, 0.15) is 26.2 Å². The lowest BCUT2D eigenvalue weighted by Crippen LogP contribution is -2.24. The summed E-state index contributed by atoms with van der Waals surface area (Å²) in [6, 6.07) is 3.53. The van der Waals surface area contributed by atoms with Gasteiger partial charge in [0.05, 0.1) is 13.5 Å². The molecule has 0 aliphatic heterocycles. The first kappa shape index (κ1) is 13.2. The van der Waals surface area contributed by atoms with Crippen LogP contribution in [0.3, 0.4) is 0 Å². The monoisotopic (exact) mass is 264 g/mol. The Kier molecular flexibility index (Phi) is 4.22. The normalized spacial score (nSPS) is 12.3. The van der Waals surface area contributed by atoms with Gasteiger partial charge in [-0.15, -0.1) is 14.8 Å². The highest BCUT2D eigenvalue weighted by atomic mass is 16.5. The van der Waals surface area contributed by atoms with Crippen LogP contribution in [0.2, 0.25) is 0 Å². The molecule has 0 radical (unpaired) electrons. The number of nitrogens with one attached hydrogen (secondary N) is 1. The molecule has 2 rings (SSSR count). The third-order valence-electron chi connectivity index (χ3n) is 2.70. The van der Waals surface area contributed by atoms with Crippen LogP contribution in [-0.4, -0.2) is 44.4 Å². The topological polar surface area (TPSA) is 94.3 Å². The predicted octanol–water partition coefficient (Wildman–Crippen LogP) is 0.663. The van der Waals surface area contributed by atoms with Crippen molar-refractivity contribution in [3.05, 3.63) is 12.1 Å². The Balaban J connectivity index is 2.08. The maximum absolute atomic E-state index is 11.3. The molecule has 1 atom stereocenters. The molecule has 0 saturated carbocycles. The average Bonchev–Trinajstić information content (AvgIpc) is 2.86. The van der Waals surface area contributed by atoms with Gasteiger partial charge in [-0.1, -0.05) is 13.3 Å². The molecule has 2 heterocycles. The number of tetrazole rings is 1. The Labute approximate surface area is 110 Å². The molecule has 2 aromatic heterocycles. The molecule has 2 aromatic rings. The van der Waals surface area contributed by atoms with E-state index in [9.17, 15) is 4.79 Å². The second-order valence-electron chi connectivity index (χ2n) is 4.16. The summed E-state index contributed by atoms with van der Waals surface area (Å²) in [7, 11) is 1.39. The van der Waals surface area contributed by atoms with Crippen molar-refractivity contribution in [1.29, 1.82) is 0 Å². The number of nitrogens with zero attached hydrogens (tertiary/aromatic N) is 5. The summed E-state index contributed by atoms with van der Waals surface area (Å²) in [6.45, 7) is 2.06. The van der Waals surface area contributed by atoms with E-state index in [1.165, 1.54) is 11.7 Å². The quantitative estimate of drug-likeness (QED) is 0.766. The number of aromatic nitrogens is 5. The molecule has 0 spiro atoms. The molecular weight excluding hydrogens is 248 g/mol. The number of methoxy groups -OCH3 is 1. The molecule has 1 N–H and O–H groups in total. The number of carbonyl (C=O) groups excluding carboxylic acids is 1. The van der Waals surface area contributed by atoms with Crippen molar-refractivity contribution in [2.24, 2.45) is 0 Å². The summed E-state index contributed by atoms with van der Waals surface area (Å²) >= 11 is 0. The fourth-order valence-corrected chi connectivity index (χ4v) is 1.79. The van der Waals surface area contributed by atoms with Gasteiger partial charge >= 0.3 is 5.97 Å². The Morgan fingerprint density at radius 1 is 1.53 bits per heavy atom. The lowest BCUT2D eigenvalue weighted by molar-refractivity contribution is -0.140. The van der Waals surface area contributed by atoms with Crippen molar-refractivity contribution in [2.45, 2.75) is 32.2 Å². The first-order valence-corrected chi connectivity index (χ1v) is 6.11. The maximum atomic E-state index is 11.3. The maximum Gasteiger partial charge on any atom is 0.307 e. The van der Waals surface area contributed by atoms with Gasteiger partial charge in [0.25, 0.3) is 0 Å². The highest BCUT2D eigenvalue weighted by Crippen LogP contribution is 2.11. The van der Waals surface area contributed by atoms with Crippen molar-refractivity contribution < 1.29 is 9.53 Å². The molecule has 0 amide bonds. The Bertz CT molecular complexity index is 555. The number of fused-ring (bicyclic) bond motifs is 1. The van der Waals surface area contributed by atoms with E-state index in [1.807, 2.05) is 0 Å². The molecule has 19 heavy (non-hydrogen) atoms. The van der Waals surface area contributed by atoms with Crippen molar-refractivity contribution in [2.75, 3.05) is 12.4 Å². The number of anilines is 1. The Hall–Kier alpha value is -2.25. The summed E-state index contributed by atoms with van der Waals surface area (Å²) in [4.78, 5) is 11.3. The zero-order valence-corrected chi connectivity index (χ0v) is 10.9. The van der Waals surface area contributed by atoms with Crippen LogP contribution in [0.25, 0.3) is 5.65 Å². The number of hydrogen-bond acceptors (Lipinski definition) is 7. The van der Waals surface area contributed by atoms with E-state index in [1.54, 1.807) is 12.1 Å². The van der Waals surface area contributed by atoms with Gasteiger partial charge in [0.2, 0.25) is 0 Å². The summed E-state index contributed by atoms with van der Waals surface area (Å²) < 4.78 is 6.02. The second kappa shape index (κ2) is 6.07. The van der Waals surface area contributed by atoms with E-state index < -0.39 is 0 Å². The van der Waals surface area contributed by atoms with E-state index in [-0.39, 0.29) is 12.0 Å². The van der Waals surface area contributed by atoms with Crippen LogP contribution in [-0.2, 0) is 9.53 Å². The summed E-state index contributed by atoms with van der Waals surface area (Å²) in [5, 5.41) is 18.4. The number of rotatable bonds is 6. The fraction of sp³-hybridized carbons (Fsp3) is 0.545. The van der Waals surface area contributed by atoms with Crippen LogP contribution >= 0.6 is 0 Å². The molecule has 8 heteroatoms. The summed E-state index contributed by atoms with van der Waals surface area (Å²) in [5.74, 6) is 0.386. The fourth-order valence-electron chi connectivity index (χ4n) is 1.79. The van der Waals surface area contributed by atoms with Gasteiger partial charge in [-0.2, -0.15) is 0 Å². The van der Waals surface area contributed by atoms with Gasteiger partial charge in [0.1, 0.15) is 5.82 Å². The van der Waals surface area contributed by atoms with E-state index in [0.717, 1.165) is 12.8 Å². The molecule has 0 aliphatic carbocycles. The zero-order valence-electron chi connectivity index (χ0n) is 10.9. The van der Waals surface area contributed by atoms with Gasteiger partial charge in [0.15, 0.2) is 5.65 Å². The van der Waals surface area contributed by atoms with Crippen molar-refractivity contribution in [1.82, 2.24) is 25.3 Å². The van der Waals surface area contributed by atoms with Crippen LogP contribution in [0.4, 0.5) is 5.82 Å². The first-order valence-electron chi connectivity index (χ1n) is 6.11. The van der Waals surface area contributed by atoms with Crippen LogP contribution in [0, 0.1) is 0 Å². The number of carbonyl (C=O) groups is 1. The van der Waals surface area contributed by atoms with Gasteiger partial charge in [-0.05, 0) is 29.0 Å². The van der Waals surface area contributed by atoms with Gasteiger partial charge < -0.3 is 10.1 Å². The lowest BCUT2D eigenvalue weighted by atomic mass is 10.1. The highest BCUT2D eigenvalue weighted by molar-refractivity contribution is 5.70. The largest absolute Gasteiger partial charge is 0.469 e. The van der Waals surface area contributed by atoms with Crippen molar-refractivity contribution in [3.8, 4) is 0 Å². The van der Waals surface area contributed by atoms with Gasteiger partial charge in [0, 0.05) is 6.04 Å². The van der Waals surface area contributed by atoms with E-state index in [4.69, 9.17) is 0 Å². The smallest absolute Gasteiger partial charge is 0.307 e. The van der Waals surface area contributed by atoms with E-state index in [0.29, 0.717) is 17.9 Å². The first-order chi connectivity index (χ1) is 9.22. The molecule has 8 nitrogen and oxygen atoms in total. The van der Waals surface area contributed by atoms with Crippen LogP contribution in [0.5, 0.6) is 0 Å². The van der Waals surface area contributed by atoms with Crippen LogP contribution in [0.15, 0.2) is 12.1 Å². The SMILES string of the molecule is CCCC(CC(=O)OC)Nc1ccc2nnnn2n1. The standard InChI is InChI=1S/C11H16N6O2/c1-3-4-8(7-11(18)19-2)12-9-5-6-10-13-15-16-17(10)14-9/h5-6,8H,3-4,7H2,1-2H3,(H,12,14). The molecule has 0 fully saturated rings. The Morgan fingerprint density at radius 3 is 3.11 bits per heavy atom. The molecule has 102 valence electrons. The predicted molar refractivity (Wildman–Crippen MR) is 67.5 cm³/mol.